The lowest BCUT2D eigenvalue weighted by Gasteiger charge is -2.04. The van der Waals surface area contributed by atoms with Gasteiger partial charge < -0.3 is 10.4 Å². The Morgan fingerprint density at radius 3 is 3.00 bits per heavy atom. The zero-order valence-electron chi connectivity index (χ0n) is 11.9. The van der Waals surface area contributed by atoms with Gasteiger partial charge in [0.25, 0.3) is 5.91 Å². The number of hydrogen-bond acceptors (Lipinski definition) is 4. The van der Waals surface area contributed by atoms with Gasteiger partial charge in [0.15, 0.2) is 0 Å². The highest BCUT2D eigenvalue weighted by Gasteiger charge is 2.13. The molecular weight excluding hydrogens is 268 g/mol. The average molecular weight is 284 g/mol. The summed E-state index contributed by atoms with van der Waals surface area (Å²) in [6.45, 7) is 1.86. The molecule has 0 unspecified atom stereocenters. The Labute approximate surface area is 122 Å². The summed E-state index contributed by atoms with van der Waals surface area (Å²) >= 11 is 0. The van der Waals surface area contributed by atoms with Crippen molar-refractivity contribution >= 4 is 11.7 Å². The van der Waals surface area contributed by atoms with Gasteiger partial charge in [-0.3, -0.25) is 9.48 Å². The number of carbonyl (C=O) groups excluding carboxylic acids is 1. The van der Waals surface area contributed by atoms with Crippen LogP contribution >= 0.6 is 0 Å². The van der Waals surface area contributed by atoms with Crippen LogP contribution in [0.25, 0.3) is 0 Å². The van der Waals surface area contributed by atoms with Crippen LogP contribution in [0, 0.1) is 18.8 Å². The van der Waals surface area contributed by atoms with Gasteiger partial charge in [-0.25, -0.2) is 4.98 Å². The number of nitrogens with zero attached hydrogens (tertiary/aromatic N) is 3. The first-order valence-electron chi connectivity index (χ1n) is 6.47. The van der Waals surface area contributed by atoms with Crippen LogP contribution in [0.2, 0.25) is 0 Å². The molecule has 0 atom stereocenters. The number of pyridine rings is 1. The predicted molar refractivity (Wildman–Crippen MR) is 78.7 cm³/mol. The Balaban J connectivity index is 2.13. The van der Waals surface area contributed by atoms with Crippen LogP contribution in [0.5, 0.6) is 0 Å². The molecule has 2 heterocycles. The Hall–Kier alpha value is -2.65. The van der Waals surface area contributed by atoms with Gasteiger partial charge in [-0.05, 0) is 19.1 Å². The summed E-state index contributed by atoms with van der Waals surface area (Å²) in [6, 6.07) is 3.43. The van der Waals surface area contributed by atoms with E-state index in [2.05, 4.69) is 27.2 Å². The van der Waals surface area contributed by atoms with Gasteiger partial charge >= 0.3 is 0 Å². The number of aryl methyl sites for hydroxylation is 1. The van der Waals surface area contributed by atoms with Crippen molar-refractivity contribution in [3.8, 4) is 11.8 Å². The number of anilines is 1. The molecule has 0 aromatic carbocycles. The normalized spacial score (nSPS) is 9.86. The summed E-state index contributed by atoms with van der Waals surface area (Å²) in [4.78, 5) is 16.2. The molecule has 0 aliphatic carbocycles. The molecule has 2 aromatic rings. The van der Waals surface area contributed by atoms with Gasteiger partial charge in [0.05, 0.1) is 18.4 Å². The second-order valence-electron chi connectivity index (χ2n) is 4.43. The topological polar surface area (TPSA) is 80.0 Å². The number of aromatic nitrogens is 3. The average Bonchev–Trinajstić information content (AvgIpc) is 2.80. The maximum Gasteiger partial charge on any atom is 0.260 e. The molecule has 108 valence electrons. The minimum absolute atomic E-state index is 0.0297. The summed E-state index contributed by atoms with van der Waals surface area (Å²) in [5.41, 5.74) is 2.03. The molecule has 0 saturated heterocycles. The standard InChI is InChI=1S/C15H16N4O2/c1-11-13(10-17-19(11)2)15(21)18-14-9-12(6-7-16-14)5-3-4-8-20/h6-7,9-10,20H,4,8H2,1-2H3,(H,16,18,21). The molecule has 0 aliphatic rings. The van der Waals surface area contributed by atoms with Gasteiger partial charge in [0.1, 0.15) is 5.82 Å². The van der Waals surface area contributed by atoms with E-state index < -0.39 is 0 Å². The molecule has 2 rings (SSSR count). The van der Waals surface area contributed by atoms with E-state index in [1.54, 1.807) is 30.1 Å². The first-order valence-corrected chi connectivity index (χ1v) is 6.47. The zero-order chi connectivity index (χ0) is 15.2. The monoisotopic (exact) mass is 284 g/mol. The highest BCUT2D eigenvalue weighted by molar-refractivity contribution is 6.04. The molecule has 21 heavy (non-hydrogen) atoms. The lowest BCUT2D eigenvalue weighted by Crippen LogP contribution is -2.14. The van der Waals surface area contributed by atoms with E-state index in [9.17, 15) is 4.79 Å². The molecule has 6 nitrogen and oxygen atoms in total. The smallest absolute Gasteiger partial charge is 0.260 e. The Morgan fingerprint density at radius 2 is 2.33 bits per heavy atom. The van der Waals surface area contributed by atoms with Crippen LogP contribution in [0.4, 0.5) is 5.82 Å². The second kappa shape index (κ2) is 6.68. The van der Waals surface area contributed by atoms with Gasteiger partial charge in [-0.2, -0.15) is 5.10 Å². The van der Waals surface area contributed by atoms with Crippen LogP contribution < -0.4 is 5.32 Å². The zero-order valence-corrected chi connectivity index (χ0v) is 11.9. The van der Waals surface area contributed by atoms with Crippen molar-refractivity contribution < 1.29 is 9.90 Å². The molecule has 6 heteroatoms. The summed E-state index contributed by atoms with van der Waals surface area (Å²) in [5.74, 6) is 5.89. The summed E-state index contributed by atoms with van der Waals surface area (Å²) in [7, 11) is 1.78. The minimum Gasteiger partial charge on any atom is -0.395 e. The largest absolute Gasteiger partial charge is 0.395 e. The lowest BCUT2D eigenvalue weighted by molar-refractivity contribution is 0.102. The van der Waals surface area contributed by atoms with Crippen molar-refractivity contribution in [3.05, 3.63) is 41.3 Å². The fourth-order valence-corrected chi connectivity index (χ4v) is 1.70. The van der Waals surface area contributed by atoms with E-state index in [0.29, 0.717) is 17.8 Å². The molecule has 0 aliphatic heterocycles. The predicted octanol–water partition coefficient (Wildman–Crippen LogP) is 1.11. The molecule has 2 aromatic heterocycles. The van der Waals surface area contributed by atoms with Gasteiger partial charge in [-0.1, -0.05) is 11.8 Å². The second-order valence-corrected chi connectivity index (χ2v) is 4.43. The summed E-state index contributed by atoms with van der Waals surface area (Å²) in [5, 5.41) is 15.5. The van der Waals surface area contributed by atoms with Crippen molar-refractivity contribution in [1.29, 1.82) is 0 Å². The van der Waals surface area contributed by atoms with E-state index in [1.807, 2.05) is 6.92 Å². The Kier molecular flexibility index (Phi) is 4.69. The van der Waals surface area contributed by atoms with E-state index in [1.165, 1.54) is 6.20 Å². The fourth-order valence-electron chi connectivity index (χ4n) is 1.70. The number of hydrogen-bond donors (Lipinski definition) is 2. The van der Waals surface area contributed by atoms with Crippen molar-refractivity contribution in [2.75, 3.05) is 11.9 Å². The SMILES string of the molecule is Cc1c(C(=O)Nc2cc(C#CCCO)ccn2)cnn1C. The lowest BCUT2D eigenvalue weighted by atomic mass is 10.2. The molecule has 2 N–H and O–H groups in total. The van der Waals surface area contributed by atoms with Crippen LogP contribution in [0.15, 0.2) is 24.5 Å². The highest BCUT2D eigenvalue weighted by Crippen LogP contribution is 2.11. The molecular formula is C15H16N4O2. The number of carbonyl (C=O) groups is 1. The third-order valence-corrected chi connectivity index (χ3v) is 2.95. The fraction of sp³-hybridized carbons (Fsp3) is 0.267. The minimum atomic E-state index is -0.256. The van der Waals surface area contributed by atoms with E-state index in [-0.39, 0.29) is 12.5 Å². The van der Waals surface area contributed by atoms with Gasteiger partial charge in [0.2, 0.25) is 0 Å². The van der Waals surface area contributed by atoms with Crippen molar-refractivity contribution in [3.63, 3.8) is 0 Å². The number of rotatable bonds is 3. The number of aliphatic hydroxyl groups excluding tert-OH is 1. The van der Waals surface area contributed by atoms with Gasteiger partial charge in [0, 0.05) is 30.9 Å². The molecule has 1 amide bonds. The van der Waals surface area contributed by atoms with E-state index in [4.69, 9.17) is 5.11 Å². The van der Waals surface area contributed by atoms with Crippen molar-refractivity contribution in [2.24, 2.45) is 7.05 Å². The van der Waals surface area contributed by atoms with Gasteiger partial charge in [-0.15, -0.1) is 0 Å². The number of amides is 1. The molecule has 0 bridgehead atoms. The van der Waals surface area contributed by atoms with Crippen LogP contribution in [0.1, 0.15) is 28.0 Å². The molecule has 0 spiro atoms. The third kappa shape index (κ3) is 3.68. The van der Waals surface area contributed by atoms with E-state index >= 15 is 0 Å². The molecule has 0 radical (unpaired) electrons. The summed E-state index contributed by atoms with van der Waals surface area (Å²) < 4.78 is 1.64. The maximum atomic E-state index is 12.1. The molecule has 0 fully saturated rings. The quantitative estimate of drug-likeness (QED) is 0.827. The number of nitrogens with one attached hydrogen (secondary N) is 1. The first-order chi connectivity index (χ1) is 10.1. The van der Waals surface area contributed by atoms with E-state index in [0.717, 1.165) is 11.3 Å². The Bertz CT molecular complexity index is 710. The summed E-state index contributed by atoms with van der Waals surface area (Å²) in [6.07, 6.45) is 3.52. The third-order valence-electron chi connectivity index (χ3n) is 2.95. The highest BCUT2D eigenvalue weighted by atomic mass is 16.2. The van der Waals surface area contributed by atoms with Crippen molar-refractivity contribution in [1.82, 2.24) is 14.8 Å². The number of aliphatic hydroxyl groups is 1. The molecule has 0 saturated carbocycles. The van der Waals surface area contributed by atoms with Crippen LogP contribution in [-0.4, -0.2) is 32.4 Å². The van der Waals surface area contributed by atoms with Crippen LogP contribution in [0.3, 0.4) is 0 Å². The van der Waals surface area contributed by atoms with Crippen molar-refractivity contribution in [2.45, 2.75) is 13.3 Å². The first kappa shape index (κ1) is 14.8. The Morgan fingerprint density at radius 1 is 1.52 bits per heavy atom. The maximum absolute atomic E-state index is 12.1. The van der Waals surface area contributed by atoms with Crippen LogP contribution in [-0.2, 0) is 7.05 Å².